The number of hydrogen-bond acceptors (Lipinski definition) is 2. The molecular formula is C16H22BrN3. The lowest BCUT2D eigenvalue weighted by Crippen LogP contribution is -2.26. The lowest BCUT2D eigenvalue weighted by molar-refractivity contribution is 0.549. The van der Waals surface area contributed by atoms with E-state index in [-0.39, 0.29) is 6.04 Å². The van der Waals surface area contributed by atoms with Crippen molar-refractivity contribution in [3.05, 3.63) is 51.8 Å². The summed E-state index contributed by atoms with van der Waals surface area (Å²) in [6.07, 6.45) is 4.01. The third kappa shape index (κ3) is 3.13. The standard InChI is InChI=1S/C16H22BrN3/c1-4-10-18-15(16-14(17)11-19-20(16)3)13-9-7-6-8-12(13)5-2/h6-9,11,15,18H,4-5,10H2,1-3H3. The number of benzene rings is 1. The van der Waals surface area contributed by atoms with Gasteiger partial charge in [-0.05, 0) is 46.4 Å². The Bertz CT molecular complexity index is 543. The van der Waals surface area contributed by atoms with E-state index in [1.54, 1.807) is 0 Å². The fraction of sp³-hybridized carbons (Fsp3) is 0.438. The average Bonchev–Trinajstić information content (AvgIpc) is 2.80. The van der Waals surface area contributed by atoms with Gasteiger partial charge in [0.1, 0.15) is 0 Å². The summed E-state index contributed by atoms with van der Waals surface area (Å²) in [7, 11) is 2.00. The second kappa shape index (κ2) is 7.04. The Morgan fingerprint density at radius 1 is 1.30 bits per heavy atom. The molecule has 108 valence electrons. The van der Waals surface area contributed by atoms with E-state index >= 15 is 0 Å². The van der Waals surface area contributed by atoms with Crippen molar-refractivity contribution in [2.24, 2.45) is 7.05 Å². The Labute approximate surface area is 129 Å². The first-order chi connectivity index (χ1) is 9.69. The van der Waals surface area contributed by atoms with Crippen LogP contribution < -0.4 is 5.32 Å². The third-order valence-corrected chi connectivity index (χ3v) is 4.17. The summed E-state index contributed by atoms with van der Waals surface area (Å²) in [4.78, 5) is 0. The normalized spacial score (nSPS) is 12.6. The van der Waals surface area contributed by atoms with E-state index in [1.807, 2.05) is 17.9 Å². The minimum atomic E-state index is 0.174. The Hall–Kier alpha value is -1.13. The van der Waals surface area contributed by atoms with Crippen LogP contribution in [0.2, 0.25) is 0 Å². The maximum absolute atomic E-state index is 4.36. The molecule has 0 aliphatic heterocycles. The lowest BCUT2D eigenvalue weighted by atomic mass is 9.96. The largest absolute Gasteiger partial charge is 0.305 e. The highest BCUT2D eigenvalue weighted by Gasteiger charge is 2.21. The summed E-state index contributed by atoms with van der Waals surface area (Å²) in [5.41, 5.74) is 3.90. The lowest BCUT2D eigenvalue weighted by Gasteiger charge is -2.22. The zero-order valence-electron chi connectivity index (χ0n) is 12.4. The minimum absolute atomic E-state index is 0.174. The highest BCUT2D eigenvalue weighted by Crippen LogP contribution is 2.30. The van der Waals surface area contributed by atoms with E-state index in [0.717, 1.165) is 23.9 Å². The van der Waals surface area contributed by atoms with E-state index in [2.05, 4.69) is 64.5 Å². The Morgan fingerprint density at radius 3 is 2.65 bits per heavy atom. The number of halogens is 1. The maximum atomic E-state index is 4.36. The monoisotopic (exact) mass is 335 g/mol. The van der Waals surface area contributed by atoms with Crippen molar-refractivity contribution in [2.45, 2.75) is 32.7 Å². The maximum Gasteiger partial charge on any atom is 0.0762 e. The van der Waals surface area contributed by atoms with Gasteiger partial charge in [0.15, 0.2) is 0 Å². The number of nitrogens with zero attached hydrogens (tertiary/aromatic N) is 2. The van der Waals surface area contributed by atoms with Gasteiger partial charge in [0.25, 0.3) is 0 Å². The average molecular weight is 336 g/mol. The van der Waals surface area contributed by atoms with Gasteiger partial charge in [-0.3, -0.25) is 4.68 Å². The van der Waals surface area contributed by atoms with Gasteiger partial charge in [0.2, 0.25) is 0 Å². The molecule has 1 unspecified atom stereocenters. The number of hydrogen-bond donors (Lipinski definition) is 1. The Morgan fingerprint density at radius 2 is 2.05 bits per heavy atom. The molecule has 0 amide bonds. The molecule has 1 aromatic heterocycles. The number of nitrogens with one attached hydrogen (secondary N) is 1. The molecule has 1 heterocycles. The molecular weight excluding hydrogens is 314 g/mol. The van der Waals surface area contributed by atoms with E-state index in [9.17, 15) is 0 Å². The fourth-order valence-corrected chi connectivity index (χ4v) is 3.10. The molecule has 1 N–H and O–H groups in total. The van der Waals surface area contributed by atoms with Gasteiger partial charge < -0.3 is 5.32 Å². The smallest absolute Gasteiger partial charge is 0.0762 e. The van der Waals surface area contributed by atoms with Gasteiger partial charge in [-0.25, -0.2) is 0 Å². The van der Waals surface area contributed by atoms with Crippen molar-refractivity contribution in [1.29, 1.82) is 0 Å². The highest BCUT2D eigenvalue weighted by molar-refractivity contribution is 9.10. The van der Waals surface area contributed by atoms with Gasteiger partial charge >= 0.3 is 0 Å². The molecule has 0 bridgehead atoms. The van der Waals surface area contributed by atoms with Gasteiger partial charge in [-0.15, -0.1) is 0 Å². The second-order valence-corrected chi connectivity index (χ2v) is 5.80. The Kier molecular flexibility index (Phi) is 5.38. The van der Waals surface area contributed by atoms with Crippen molar-refractivity contribution in [1.82, 2.24) is 15.1 Å². The fourth-order valence-electron chi connectivity index (χ4n) is 2.53. The van der Waals surface area contributed by atoms with Crippen LogP contribution in [0.3, 0.4) is 0 Å². The van der Waals surface area contributed by atoms with Gasteiger partial charge in [-0.1, -0.05) is 38.1 Å². The molecule has 0 fully saturated rings. The summed E-state index contributed by atoms with van der Waals surface area (Å²) in [6.45, 7) is 5.38. The van der Waals surface area contributed by atoms with E-state index in [1.165, 1.54) is 16.8 Å². The van der Waals surface area contributed by atoms with Crippen molar-refractivity contribution >= 4 is 15.9 Å². The van der Waals surface area contributed by atoms with E-state index in [4.69, 9.17) is 0 Å². The topological polar surface area (TPSA) is 29.9 Å². The predicted molar refractivity (Wildman–Crippen MR) is 86.9 cm³/mol. The summed E-state index contributed by atoms with van der Waals surface area (Å²) in [6, 6.07) is 8.82. The molecule has 0 radical (unpaired) electrons. The summed E-state index contributed by atoms with van der Waals surface area (Å²) >= 11 is 3.63. The first-order valence-corrected chi connectivity index (χ1v) is 7.96. The van der Waals surface area contributed by atoms with Gasteiger partial charge in [0.05, 0.1) is 22.4 Å². The van der Waals surface area contributed by atoms with Crippen LogP contribution in [0.5, 0.6) is 0 Å². The van der Waals surface area contributed by atoms with Crippen molar-refractivity contribution in [3.63, 3.8) is 0 Å². The molecule has 3 nitrogen and oxygen atoms in total. The van der Waals surface area contributed by atoms with Crippen LogP contribution in [0, 0.1) is 0 Å². The molecule has 4 heteroatoms. The zero-order valence-corrected chi connectivity index (χ0v) is 13.9. The van der Waals surface area contributed by atoms with Crippen molar-refractivity contribution in [3.8, 4) is 0 Å². The molecule has 0 saturated heterocycles. The first kappa shape index (κ1) is 15.3. The predicted octanol–water partition coefficient (Wildman–Crippen LogP) is 3.83. The molecule has 0 spiro atoms. The number of rotatable bonds is 6. The van der Waals surface area contributed by atoms with Crippen LogP contribution in [0.1, 0.15) is 43.1 Å². The molecule has 0 aliphatic rings. The molecule has 0 aliphatic carbocycles. The Balaban J connectivity index is 2.47. The summed E-state index contributed by atoms with van der Waals surface area (Å²) < 4.78 is 3.00. The highest BCUT2D eigenvalue weighted by atomic mass is 79.9. The van der Waals surface area contributed by atoms with Crippen LogP contribution in [-0.2, 0) is 13.5 Å². The van der Waals surface area contributed by atoms with E-state index in [0.29, 0.717) is 0 Å². The van der Waals surface area contributed by atoms with Gasteiger partial charge in [-0.2, -0.15) is 5.10 Å². The first-order valence-electron chi connectivity index (χ1n) is 7.17. The molecule has 2 aromatic rings. The quantitative estimate of drug-likeness (QED) is 0.869. The van der Waals surface area contributed by atoms with Crippen LogP contribution in [0.25, 0.3) is 0 Å². The zero-order chi connectivity index (χ0) is 14.5. The van der Waals surface area contributed by atoms with E-state index < -0.39 is 0 Å². The molecule has 1 aromatic carbocycles. The van der Waals surface area contributed by atoms with Crippen LogP contribution in [0.15, 0.2) is 34.9 Å². The molecule has 20 heavy (non-hydrogen) atoms. The third-order valence-electron chi connectivity index (χ3n) is 3.56. The SMILES string of the molecule is CCCNC(c1ccccc1CC)c1c(Br)cnn1C. The van der Waals surface area contributed by atoms with Crippen LogP contribution in [-0.4, -0.2) is 16.3 Å². The second-order valence-electron chi connectivity index (χ2n) is 4.94. The van der Waals surface area contributed by atoms with Crippen molar-refractivity contribution < 1.29 is 0 Å². The molecule has 1 atom stereocenters. The van der Waals surface area contributed by atoms with Crippen LogP contribution >= 0.6 is 15.9 Å². The minimum Gasteiger partial charge on any atom is -0.305 e. The van der Waals surface area contributed by atoms with Gasteiger partial charge in [0, 0.05) is 7.05 Å². The number of aromatic nitrogens is 2. The van der Waals surface area contributed by atoms with Crippen LogP contribution in [0.4, 0.5) is 0 Å². The summed E-state index contributed by atoms with van der Waals surface area (Å²) in [5, 5.41) is 8.01. The molecule has 2 rings (SSSR count). The summed E-state index contributed by atoms with van der Waals surface area (Å²) in [5.74, 6) is 0. The van der Waals surface area contributed by atoms with Crippen molar-refractivity contribution in [2.75, 3.05) is 6.54 Å². The molecule has 0 saturated carbocycles. The number of aryl methyl sites for hydroxylation is 2.